The second-order valence-electron chi connectivity index (χ2n) is 6.65. The standard InChI is InChI=1S/C15H22N4O2.C2HF3O2/c1-21-12-11-18-8-3-15(13(18)20)4-9-19(10-5-15)14-16-6-2-7-17-14;3-2(4,5)1(6)7/h2,6-7H,3-5,8-12H2,1H3;(H,6,7). The minimum Gasteiger partial charge on any atom is -0.475 e. The van der Waals surface area contributed by atoms with Gasteiger partial charge in [0.25, 0.3) is 0 Å². The van der Waals surface area contributed by atoms with Crippen molar-refractivity contribution in [3.05, 3.63) is 18.5 Å². The van der Waals surface area contributed by atoms with Crippen molar-refractivity contribution < 1.29 is 32.6 Å². The lowest BCUT2D eigenvalue weighted by molar-refractivity contribution is -0.192. The number of carbonyl (C=O) groups is 2. The van der Waals surface area contributed by atoms with Crippen LogP contribution in [0.3, 0.4) is 0 Å². The molecule has 2 aliphatic heterocycles. The monoisotopic (exact) mass is 404 g/mol. The Labute approximate surface area is 160 Å². The average Bonchev–Trinajstić information content (AvgIpc) is 2.97. The number of ether oxygens (including phenoxy) is 1. The van der Waals surface area contributed by atoms with E-state index in [0.29, 0.717) is 19.1 Å². The molecule has 2 aliphatic rings. The molecule has 28 heavy (non-hydrogen) atoms. The summed E-state index contributed by atoms with van der Waals surface area (Å²) in [4.78, 5) is 34.3. The first-order chi connectivity index (χ1) is 13.2. The lowest BCUT2D eigenvalue weighted by atomic mass is 9.77. The van der Waals surface area contributed by atoms with Crippen LogP contribution in [0, 0.1) is 5.41 Å². The topological polar surface area (TPSA) is 95.9 Å². The fraction of sp³-hybridized carbons (Fsp3) is 0.647. The molecule has 0 aromatic carbocycles. The van der Waals surface area contributed by atoms with Crippen molar-refractivity contribution in [2.24, 2.45) is 5.41 Å². The molecule has 3 heterocycles. The number of rotatable bonds is 4. The van der Waals surface area contributed by atoms with Gasteiger partial charge in [0.05, 0.1) is 12.0 Å². The number of likely N-dealkylation sites (tertiary alicyclic amines) is 1. The first kappa shape index (κ1) is 21.9. The predicted molar refractivity (Wildman–Crippen MR) is 92.7 cm³/mol. The highest BCUT2D eigenvalue weighted by Crippen LogP contribution is 2.41. The third kappa shape index (κ3) is 5.31. The summed E-state index contributed by atoms with van der Waals surface area (Å²) in [5, 5.41) is 7.12. The zero-order chi connectivity index (χ0) is 20.8. The van der Waals surface area contributed by atoms with Crippen molar-refractivity contribution in [1.29, 1.82) is 0 Å². The van der Waals surface area contributed by atoms with Crippen LogP contribution >= 0.6 is 0 Å². The molecule has 0 saturated carbocycles. The molecule has 2 fully saturated rings. The number of hydrogen-bond donors (Lipinski definition) is 1. The third-order valence-electron chi connectivity index (χ3n) is 4.96. The lowest BCUT2D eigenvalue weighted by Gasteiger charge is -2.37. The molecule has 0 radical (unpaired) electrons. The number of alkyl halides is 3. The van der Waals surface area contributed by atoms with Crippen LogP contribution in [0.4, 0.5) is 19.1 Å². The van der Waals surface area contributed by atoms with Crippen LogP contribution in [-0.2, 0) is 14.3 Å². The van der Waals surface area contributed by atoms with Gasteiger partial charge in [0.2, 0.25) is 11.9 Å². The number of carbonyl (C=O) groups excluding carboxylic acids is 1. The van der Waals surface area contributed by atoms with Crippen LogP contribution < -0.4 is 4.90 Å². The summed E-state index contributed by atoms with van der Waals surface area (Å²) in [6.07, 6.45) is 1.21. The maximum absolute atomic E-state index is 12.7. The molecule has 0 bridgehead atoms. The number of carboxylic acid groups (broad SMARTS) is 1. The molecule has 1 N–H and O–H groups in total. The molecule has 1 aromatic heterocycles. The van der Waals surface area contributed by atoms with Gasteiger partial charge < -0.3 is 19.6 Å². The normalized spacial score (nSPS) is 18.8. The van der Waals surface area contributed by atoms with E-state index in [1.54, 1.807) is 19.5 Å². The highest BCUT2D eigenvalue weighted by Gasteiger charge is 2.48. The highest BCUT2D eigenvalue weighted by molar-refractivity contribution is 5.85. The van der Waals surface area contributed by atoms with Gasteiger partial charge in [-0.05, 0) is 25.3 Å². The molecular formula is C17H23F3N4O4. The summed E-state index contributed by atoms with van der Waals surface area (Å²) in [5.41, 5.74) is -0.154. The molecule has 8 nitrogen and oxygen atoms in total. The minimum atomic E-state index is -5.08. The summed E-state index contributed by atoms with van der Waals surface area (Å²) >= 11 is 0. The zero-order valence-electron chi connectivity index (χ0n) is 15.5. The van der Waals surface area contributed by atoms with Crippen molar-refractivity contribution in [3.63, 3.8) is 0 Å². The van der Waals surface area contributed by atoms with Crippen LogP contribution in [0.2, 0.25) is 0 Å². The van der Waals surface area contributed by atoms with E-state index >= 15 is 0 Å². The average molecular weight is 404 g/mol. The predicted octanol–water partition coefficient (Wildman–Crippen LogP) is 1.58. The van der Waals surface area contributed by atoms with Crippen LogP contribution in [0.25, 0.3) is 0 Å². The van der Waals surface area contributed by atoms with Crippen molar-refractivity contribution in [2.75, 3.05) is 44.8 Å². The number of methoxy groups -OCH3 is 1. The van der Waals surface area contributed by atoms with E-state index in [-0.39, 0.29) is 5.41 Å². The maximum Gasteiger partial charge on any atom is 0.490 e. The molecule has 1 aromatic rings. The fourth-order valence-corrected chi connectivity index (χ4v) is 3.36. The Kier molecular flexibility index (Phi) is 7.17. The fourth-order valence-electron chi connectivity index (χ4n) is 3.36. The van der Waals surface area contributed by atoms with Gasteiger partial charge in [-0.1, -0.05) is 0 Å². The third-order valence-corrected chi connectivity index (χ3v) is 4.96. The van der Waals surface area contributed by atoms with E-state index in [2.05, 4.69) is 14.9 Å². The molecule has 1 spiro atoms. The largest absolute Gasteiger partial charge is 0.490 e. The van der Waals surface area contributed by atoms with Crippen molar-refractivity contribution >= 4 is 17.8 Å². The summed E-state index contributed by atoms with van der Waals surface area (Å²) in [6, 6.07) is 1.82. The molecule has 1 amide bonds. The highest BCUT2D eigenvalue weighted by atomic mass is 19.4. The first-order valence-corrected chi connectivity index (χ1v) is 8.80. The summed E-state index contributed by atoms with van der Waals surface area (Å²) in [7, 11) is 1.68. The Morgan fingerprint density at radius 3 is 2.25 bits per heavy atom. The van der Waals surface area contributed by atoms with Gasteiger partial charge in [-0.25, -0.2) is 14.8 Å². The number of anilines is 1. The molecule has 156 valence electrons. The quantitative estimate of drug-likeness (QED) is 0.814. The molecule has 0 aliphatic carbocycles. The number of carboxylic acids is 1. The summed E-state index contributed by atoms with van der Waals surface area (Å²) < 4.78 is 36.8. The number of piperidine rings is 1. The molecule has 3 rings (SSSR count). The van der Waals surface area contributed by atoms with E-state index in [4.69, 9.17) is 14.6 Å². The lowest BCUT2D eigenvalue weighted by Crippen LogP contribution is -2.45. The SMILES string of the molecule is COCCN1CCC2(CCN(c3ncccn3)CC2)C1=O.O=C(O)C(F)(F)F. The van der Waals surface area contributed by atoms with E-state index in [1.165, 1.54) is 0 Å². The molecule has 11 heteroatoms. The van der Waals surface area contributed by atoms with Crippen LogP contribution in [0.15, 0.2) is 18.5 Å². The van der Waals surface area contributed by atoms with E-state index in [9.17, 15) is 18.0 Å². The maximum atomic E-state index is 12.7. The Balaban J connectivity index is 0.000000345. The second-order valence-corrected chi connectivity index (χ2v) is 6.65. The number of halogens is 3. The van der Waals surface area contributed by atoms with E-state index < -0.39 is 12.1 Å². The Bertz CT molecular complexity index is 664. The van der Waals surface area contributed by atoms with Crippen LogP contribution in [-0.4, -0.2) is 77.9 Å². The van der Waals surface area contributed by atoms with E-state index in [0.717, 1.165) is 44.8 Å². The Morgan fingerprint density at radius 2 is 1.75 bits per heavy atom. The summed E-state index contributed by atoms with van der Waals surface area (Å²) in [5.74, 6) is -1.67. The molecular weight excluding hydrogens is 381 g/mol. The number of aromatic nitrogens is 2. The summed E-state index contributed by atoms with van der Waals surface area (Å²) in [6.45, 7) is 3.90. The van der Waals surface area contributed by atoms with Gasteiger partial charge in [-0.3, -0.25) is 4.79 Å². The van der Waals surface area contributed by atoms with Gasteiger partial charge in [0.15, 0.2) is 0 Å². The van der Waals surface area contributed by atoms with Crippen molar-refractivity contribution in [2.45, 2.75) is 25.4 Å². The molecule has 2 saturated heterocycles. The Hall–Kier alpha value is -2.43. The minimum absolute atomic E-state index is 0.154. The number of hydrogen-bond acceptors (Lipinski definition) is 6. The van der Waals surface area contributed by atoms with Crippen LogP contribution in [0.1, 0.15) is 19.3 Å². The van der Waals surface area contributed by atoms with E-state index in [1.807, 2.05) is 11.0 Å². The van der Waals surface area contributed by atoms with Gasteiger partial charge in [0.1, 0.15) is 0 Å². The van der Waals surface area contributed by atoms with Gasteiger partial charge >= 0.3 is 12.1 Å². The van der Waals surface area contributed by atoms with Crippen molar-refractivity contribution in [3.8, 4) is 0 Å². The first-order valence-electron chi connectivity index (χ1n) is 8.80. The Morgan fingerprint density at radius 1 is 1.21 bits per heavy atom. The zero-order valence-corrected chi connectivity index (χ0v) is 15.5. The number of aliphatic carboxylic acids is 1. The number of nitrogens with zero attached hydrogens (tertiary/aromatic N) is 4. The number of amides is 1. The van der Waals surface area contributed by atoms with Gasteiger partial charge in [0, 0.05) is 45.7 Å². The smallest absolute Gasteiger partial charge is 0.475 e. The molecule has 0 unspecified atom stereocenters. The molecule has 0 atom stereocenters. The van der Waals surface area contributed by atoms with Gasteiger partial charge in [-0.2, -0.15) is 13.2 Å². The van der Waals surface area contributed by atoms with Gasteiger partial charge in [-0.15, -0.1) is 0 Å². The van der Waals surface area contributed by atoms with Crippen LogP contribution in [0.5, 0.6) is 0 Å². The van der Waals surface area contributed by atoms with Crippen molar-refractivity contribution in [1.82, 2.24) is 14.9 Å². The second kappa shape index (κ2) is 9.18.